The van der Waals surface area contributed by atoms with E-state index in [2.05, 4.69) is 10.1 Å². The number of methoxy groups -OCH3 is 1. The number of carbonyl (C=O) groups excluding carboxylic acids is 3. The molecule has 30 heavy (non-hydrogen) atoms. The Labute approximate surface area is 175 Å². The Balaban J connectivity index is 2.01. The number of Topliss-reactive ketones (excluding diaryl/α,β-unsaturated/α-hetero) is 1. The summed E-state index contributed by atoms with van der Waals surface area (Å²) in [5.41, 5.74) is -1.89. The van der Waals surface area contributed by atoms with Gasteiger partial charge in [0.25, 0.3) is 5.91 Å². The van der Waals surface area contributed by atoms with Crippen LogP contribution in [-0.4, -0.2) is 59.0 Å². The van der Waals surface area contributed by atoms with Crippen LogP contribution in [0.3, 0.4) is 0 Å². The molecule has 2 rings (SSSR count). The molecule has 0 bridgehead atoms. The van der Waals surface area contributed by atoms with Crippen molar-refractivity contribution in [1.82, 2.24) is 5.32 Å². The molecule has 0 spiro atoms. The highest BCUT2D eigenvalue weighted by Crippen LogP contribution is 2.50. The lowest BCUT2D eigenvalue weighted by Crippen LogP contribution is -2.48. The van der Waals surface area contributed by atoms with E-state index in [0.717, 1.165) is 5.57 Å². The molecule has 2 aliphatic rings. The Morgan fingerprint density at radius 1 is 1.27 bits per heavy atom. The first kappa shape index (κ1) is 23.5. The van der Waals surface area contributed by atoms with Gasteiger partial charge >= 0.3 is 5.97 Å². The number of hydrogen-bond acceptors (Lipinski definition) is 7. The van der Waals surface area contributed by atoms with Crippen molar-refractivity contribution in [3.63, 3.8) is 0 Å². The first-order valence-corrected chi connectivity index (χ1v) is 9.49. The summed E-state index contributed by atoms with van der Waals surface area (Å²) in [6, 6.07) is 0. The third-order valence-electron chi connectivity index (χ3n) is 4.95. The highest BCUT2D eigenvalue weighted by molar-refractivity contribution is 6.21. The summed E-state index contributed by atoms with van der Waals surface area (Å²) in [7, 11) is 1.32. The number of allylic oxidation sites excluding steroid dienone is 7. The highest BCUT2D eigenvalue weighted by Gasteiger charge is 2.80. The standard InChI is InChI=1S/C22H27NO7/c1-5-16(18(26)29-4)13-14(2)9-7-6-8-10-15(3)17(25)22-19(30-22)21(28,11-12-24)23-20(22)27/h5-10,13,19,24,28H,11-12H2,1-4H3,(H,23,27)/b8-6+,9-7+,14-13+,15-10+,16-5-/t19-,21+,22-/m0/s1. The van der Waals surface area contributed by atoms with Gasteiger partial charge in [-0.15, -0.1) is 0 Å². The van der Waals surface area contributed by atoms with Crippen molar-refractivity contribution in [2.75, 3.05) is 13.7 Å². The monoisotopic (exact) mass is 417 g/mol. The summed E-state index contributed by atoms with van der Waals surface area (Å²) in [5.74, 6) is -1.64. The molecular weight excluding hydrogens is 390 g/mol. The van der Waals surface area contributed by atoms with Gasteiger partial charge in [-0.05, 0) is 32.4 Å². The zero-order valence-corrected chi connectivity index (χ0v) is 17.5. The molecule has 2 saturated heterocycles. The summed E-state index contributed by atoms with van der Waals surface area (Å²) in [4.78, 5) is 36.5. The van der Waals surface area contributed by atoms with Crippen LogP contribution in [0.4, 0.5) is 0 Å². The summed E-state index contributed by atoms with van der Waals surface area (Å²) >= 11 is 0. The fraction of sp³-hybridized carbons (Fsp3) is 0.409. The van der Waals surface area contributed by atoms with Crippen LogP contribution in [0.5, 0.6) is 0 Å². The minimum atomic E-state index is -1.74. The first-order chi connectivity index (χ1) is 14.2. The number of fused-ring (bicyclic) bond motifs is 1. The molecule has 0 saturated carbocycles. The van der Waals surface area contributed by atoms with E-state index < -0.39 is 35.1 Å². The lowest BCUT2D eigenvalue weighted by molar-refractivity contribution is -0.138. The third kappa shape index (κ3) is 4.51. The second-order valence-electron chi connectivity index (χ2n) is 7.13. The van der Waals surface area contributed by atoms with Crippen molar-refractivity contribution in [3.05, 3.63) is 59.3 Å². The maximum atomic E-state index is 12.7. The van der Waals surface area contributed by atoms with Gasteiger partial charge in [0.2, 0.25) is 11.4 Å². The van der Waals surface area contributed by atoms with Gasteiger partial charge in [-0.1, -0.05) is 42.0 Å². The van der Waals surface area contributed by atoms with Crippen molar-refractivity contribution in [1.29, 1.82) is 0 Å². The van der Waals surface area contributed by atoms with E-state index in [1.54, 1.807) is 56.4 Å². The predicted octanol–water partition coefficient (Wildman–Crippen LogP) is 1.02. The van der Waals surface area contributed by atoms with Crippen molar-refractivity contribution in [2.45, 2.75) is 44.6 Å². The Morgan fingerprint density at radius 2 is 1.97 bits per heavy atom. The van der Waals surface area contributed by atoms with Gasteiger partial charge in [-0.3, -0.25) is 9.59 Å². The molecule has 2 fully saturated rings. The van der Waals surface area contributed by atoms with Gasteiger partial charge in [0, 0.05) is 13.0 Å². The average molecular weight is 417 g/mol. The Bertz CT molecular complexity index is 880. The minimum Gasteiger partial charge on any atom is -0.465 e. The number of morpholine rings is 1. The molecule has 0 unspecified atom stereocenters. The van der Waals surface area contributed by atoms with Crippen LogP contribution in [0, 0.1) is 0 Å². The van der Waals surface area contributed by atoms with Crippen LogP contribution >= 0.6 is 0 Å². The zero-order valence-electron chi connectivity index (χ0n) is 17.5. The Morgan fingerprint density at radius 3 is 2.53 bits per heavy atom. The van der Waals surface area contributed by atoms with Crippen LogP contribution in [0.2, 0.25) is 0 Å². The number of aliphatic hydroxyl groups is 2. The van der Waals surface area contributed by atoms with Crippen molar-refractivity contribution in [2.24, 2.45) is 0 Å². The lowest BCUT2D eigenvalue weighted by atomic mass is 9.92. The van der Waals surface area contributed by atoms with Crippen LogP contribution < -0.4 is 5.32 Å². The fourth-order valence-electron chi connectivity index (χ4n) is 3.26. The smallest absolute Gasteiger partial charge is 0.337 e. The van der Waals surface area contributed by atoms with Crippen molar-refractivity contribution in [3.8, 4) is 0 Å². The molecular formula is C22H27NO7. The number of hydrogen-bond donors (Lipinski definition) is 3. The number of epoxide rings is 1. The number of amides is 1. The SMILES string of the molecule is C/C=C(/C=C(C)/C=C/C=C/C=C(\C)C(=O)[C@]12O[C@H]1[C@](O)(CCO)NC2=O)C(=O)OC. The molecule has 0 radical (unpaired) electrons. The third-order valence-corrected chi connectivity index (χ3v) is 4.95. The van der Waals surface area contributed by atoms with Crippen LogP contribution in [0.1, 0.15) is 27.2 Å². The summed E-state index contributed by atoms with van der Waals surface area (Å²) in [6.07, 6.45) is 10.6. The van der Waals surface area contributed by atoms with E-state index in [1.807, 2.05) is 6.92 Å². The minimum absolute atomic E-state index is 0.121. The maximum Gasteiger partial charge on any atom is 0.337 e. The Kier molecular flexibility index (Phi) is 7.30. The van der Waals surface area contributed by atoms with E-state index in [0.29, 0.717) is 11.1 Å². The van der Waals surface area contributed by atoms with Gasteiger partial charge in [0.15, 0.2) is 11.8 Å². The topological polar surface area (TPSA) is 125 Å². The lowest BCUT2D eigenvalue weighted by Gasteiger charge is -2.22. The highest BCUT2D eigenvalue weighted by atomic mass is 16.6. The number of rotatable bonds is 9. The van der Waals surface area contributed by atoms with Gasteiger partial charge in [0.05, 0.1) is 12.7 Å². The zero-order chi connectivity index (χ0) is 22.5. The molecule has 162 valence electrons. The quantitative estimate of drug-likeness (QED) is 0.168. The molecule has 8 heteroatoms. The largest absolute Gasteiger partial charge is 0.465 e. The molecule has 2 heterocycles. The summed E-state index contributed by atoms with van der Waals surface area (Å²) in [5, 5.41) is 21.7. The number of ether oxygens (including phenoxy) is 2. The number of ketones is 1. The molecule has 0 aromatic heterocycles. The van der Waals surface area contributed by atoms with Crippen LogP contribution in [0.15, 0.2) is 59.3 Å². The summed E-state index contributed by atoms with van der Waals surface area (Å²) < 4.78 is 9.97. The Hall–Kier alpha value is -2.81. The number of carbonyl (C=O) groups is 3. The first-order valence-electron chi connectivity index (χ1n) is 9.49. The van der Waals surface area contributed by atoms with Gasteiger partial charge in [-0.2, -0.15) is 0 Å². The predicted molar refractivity (Wildman–Crippen MR) is 109 cm³/mol. The fourth-order valence-corrected chi connectivity index (χ4v) is 3.26. The van der Waals surface area contributed by atoms with E-state index >= 15 is 0 Å². The molecule has 1 amide bonds. The summed E-state index contributed by atoms with van der Waals surface area (Å²) in [6.45, 7) is 4.78. The number of aliphatic hydroxyl groups excluding tert-OH is 1. The van der Waals surface area contributed by atoms with E-state index in [9.17, 15) is 19.5 Å². The van der Waals surface area contributed by atoms with E-state index in [1.165, 1.54) is 7.11 Å². The van der Waals surface area contributed by atoms with E-state index in [4.69, 9.17) is 9.84 Å². The van der Waals surface area contributed by atoms with Gasteiger partial charge < -0.3 is 25.0 Å². The second kappa shape index (κ2) is 9.34. The average Bonchev–Trinajstić information content (AvgIpc) is 3.44. The normalized spacial score (nSPS) is 29.3. The molecule has 8 nitrogen and oxygen atoms in total. The van der Waals surface area contributed by atoms with Crippen molar-refractivity contribution < 1.29 is 34.1 Å². The van der Waals surface area contributed by atoms with Crippen LogP contribution in [-0.2, 0) is 23.9 Å². The van der Waals surface area contributed by atoms with Gasteiger partial charge in [-0.25, -0.2) is 4.79 Å². The molecule has 0 aromatic rings. The van der Waals surface area contributed by atoms with Crippen LogP contribution in [0.25, 0.3) is 0 Å². The van der Waals surface area contributed by atoms with Crippen molar-refractivity contribution >= 4 is 17.7 Å². The molecule has 3 N–H and O–H groups in total. The molecule has 2 aliphatic heterocycles. The molecule has 0 aliphatic carbocycles. The number of esters is 1. The van der Waals surface area contributed by atoms with Gasteiger partial charge in [0.1, 0.15) is 0 Å². The number of nitrogens with one attached hydrogen (secondary N) is 1. The van der Waals surface area contributed by atoms with E-state index in [-0.39, 0.29) is 13.0 Å². The molecule has 0 aromatic carbocycles. The second-order valence-corrected chi connectivity index (χ2v) is 7.13. The maximum absolute atomic E-state index is 12.7. The molecule has 3 atom stereocenters.